The number of hydrogen-bond acceptors (Lipinski definition) is 6. The Hall–Kier alpha value is -2.68. The van der Waals surface area contributed by atoms with Crippen molar-refractivity contribution < 1.29 is 18.8 Å². The zero-order chi connectivity index (χ0) is 17.3. The first-order valence-corrected chi connectivity index (χ1v) is 7.80. The molecule has 0 aromatic carbocycles. The Morgan fingerprint density at radius 2 is 2.00 bits per heavy atom. The van der Waals surface area contributed by atoms with Gasteiger partial charge in [0.2, 0.25) is 0 Å². The average Bonchev–Trinajstić information content (AvgIpc) is 3.11. The molecule has 2 saturated heterocycles. The van der Waals surface area contributed by atoms with Gasteiger partial charge in [0.05, 0.1) is 6.26 Å². The van der Waals surface area contributed by atoms with Gasteiger partial charge in [-0.05, 0) is 24.4 Å². The number of carbonyl (C=O) groups is 3. The zero-order valence-corrected chi connectivity index (χ0v) is 13.8. The molecule has 3 rings (SSSR count). The van der Waals surface area contributed by atoms with E-state index >= 15 is 0 Å². The quantitative estimate of drug-likeness (QED) is 0.452. The maximum Gasteiger partial charge on any atom is 0.289 e. The third-order valence-electron chi connectivity index (χ3n) is 3.95. The molecule has 2 fully saturated rings. The number of piperazine rings is 1. The number of amides is 3. The molecular weight excluding hydrogens is 332 g/mol. The lowest BCUT2D eigenvalue weighted by Crippen LogP contribution is -2.53. The summed E-state index contributed by atoms with van der Waals surface area (Å²) in [6.07, 6.45) is 2.99. The van der Waals surface area contributed by atoms with Gasteiger partial charge >= 0.3 is 0 Å². The summed E-state index contributed by atoms with van der Waals surface area (Å²) in [5, 5.41) is 2.56. The summed E-state index contributed by atoms with van der Waals surface area (Å²) < 4.78 is 5.11. The standard InChI is InChI=1S/C15H16N4O4S/c1-17-13(21)10(12(20)16-15(17)24)9-18-4-6-19(7-5-18)14(22)11-3-2-8-23-11/h2-3,8-9H,4-7H2,1H3,(H,16,20,24). The van der Waals surface area contributed by atoms with Crippen LogP contribution in [0.2, 0.25) is 0 Å². The molecule has 126 valence electrons. The first kappa shape index (κ1) is 16.2. The van der Waals surface area contributed by atoms with Crippen LogP contribution in [-0.4, -0.2) is 70.8 Å². The fourth-order valence-electron chi connectivity index (χ4n) is 2.52. The third-order valence-corrected chi connectivity index (χ3v) is 4.33. The van der Waals surface area contributed by atoms with Gasteiger partial charge in [0.15, 0.2) is 10.9 Å². The van der Waals surface area contributed by atoms with Crippen molar-refractivity contribution in [3.63, 3.8) is 0 Å². The number of furan rings is 1. The highest BCUT2D eigenvalue weighted by Gasteiger charge is 2.32. The predicted molar refractivity (Wildman–Crippen MR) is 87.8 cm³/mol. The summed E-state index contributed by atoms with van der Waals surface area (Å²) in [5.74, 6) is -0.794. The van der Waals surface area contributed by atoms with Gasteiger partial charge in [-0.1, -0.05) is 0 Å². The molecule has 24 heavy (non-hydrogen) atoms. The van der Waals surface area contributed by atoms with Crippen molar-refractivity contribution in [2.75, 3.05) is 33.2 Å². The Morgan fingerprint density at radius 3 is 2.62 bits per heavy atom. The highest BCUT2D eigenvalue weighted by atomic mass is 32.1. The summed E-state index contributed by atoms with van der Waals surface area (Å²) in [4.78, 5) is 41.0. The van der Waals surface area contributed by atoms with Crippen LogP contribution in [0.5, 0.6) is 0 Å². The van der Waals surface area contributed by atoms with E-state index in [4.69, 9.17) is 16.6 Å². The first-order chi connectivity index (χ1) is 11.5. The molecule has 0 aliphatic carbocycles. The lowest BCUT2D eigenvalue weighted by molar-refractivity contribution is -0.128. The lowest BCUT2D eigenvalue weighted by atomic mass is 10.2. The maximum absolute atomic E-state index is 12.2. The van der Waals surface area contributed by atoms with E-state index < -0.39 is 11.8 Å². The van der Waals surface area contributed by atoms with Crippen LogP contribution in [0, 0.1) is 0 Å². The molecule has 0 bridgehead atoms. The summed E-state index contributed by atoms with van der Waals surface area (Å²) in [5.41, 5.74) is 0.0388. The molecule has 3 amide bonds. The number of likely N-dealkylation sites (N-methyl/N-ethyl adjacent to an activating group) is 1. The minimum atomic E-state index is -0.503. The lowest BCUT2D eigenvalue weighted by Gasteiger charge is -2.34. The van der Waals surface area contributed by atoms with Crippen LogP contribution < -0.4 is 5.32 Å². The number of carbonyl (C=O) groups excluding carboxylic acids is 3. The predicted octanol–water partition coefficient (Wildman–Crippen LogP) is -0.206. The third kappa shape index (κ3) is 3.02. The van der Waals surface area contributed by atoms with E-state index in [-0.39, 0.29) is 16.6 Å². The largest absolute Gasteiger partial charge is 0.459 e. The number of hydrogen-bond donors (Lipinski definition) is 1. The Labute approximate surface area is 143 Å². The molecular formula is C15H16N4O4S. The normalized spacial score (nSPS) is 20.6. The van der Waals surface area contributed by atoms with Gasteiger partial charge in [0.1, 0.15) is 5.57 Å². The minimum Gasteiger partial charge on any atom is -0.459 e. The molecule has 2 aliphatic heterocycles. The van der Waals surface area contributed by atoms with Crippen molar-refractivity contribution in [2.45, 2.75) is 0 Å². The Bertz CT molecular complexity index is 720. The first-order valence-electron chi connectivity index (χ1n) is 7.39. The van der Waals surface area contributed by atoms with Crippen LogP contribution in [0.15, 0.2) is 34.6 Å². The van der Waals surface area contributed by atoms with E-state index in [9.17, 15) is 14.4 Å². The fourth-order valence-corrected chi connectivity index (χ4v) is 2.70. The monoisotopic (exact) mass is 348 g/mol. The Morgan fingerprint density at radius 1 is 1.29 bits per heavy atom. The molecule has 3 heterocycles. The minimum absolute atomic E-state index is 0.0388. The zero-order valence-electron chi connectivity index (χ0n) is 13.0. The Balaban J connectivity index is 1.64. The molecule has 0 atom stereocenters. The smallest absolute Gasteiger partial charge is 0.289 e. The maximum atomic E-state index is 12.2. The van der Waals surface area contributed by atoms with Crippen molar-refractivity contribution in [3.8, 4) is 0 Å². The van der Waals surface area contributed by atoms with Gasteiger partial charge < -0.3 is 14.2 Å². The molecule has 1 aromatic rings. The van der Waals surface area contributed by atoms with Crippen molar-refractivity contribution in [1.29, 1.82) is 0 Å². The molecule has 8 nitrogen and oxygen atoms in total. The topological polar surface area (TPSA) is 86.1 Å². The second-order valence-electron chi connectivity index (χ2n) is 5.47. The van der Waals surface area contributed by atoms with E-state index in [1.807, 2.05) is 4.90 Å². The van der Waals surface area contributed by atoms with Crippen molar-refractivity contribution in [2.24, 2.45) is 0 Å². The van der Waals surface area contributed by atoms with Crippen molar-refractivity contribution in [3.05, 3.63) is 35.9 Å². The molecule has 0 saturated carbocycles. The van der Waals surface area contributed by atoms with Crippen LogP contribution in [0.3, 0.4) is 0 Å². The second kappa shape index (κ2) is 6.44. The molecule has 0 unspecified atom stereocenters. The van der Waals surface area contributed by atoms with Gasteiger partial charge in [0, 0.05) is 39.4 Å². The SMILES string of the molecule is CN1C(=O)C(=CN2CCN(C(=O)c3ccco3)CC2)C(=O)NC1=S. The highest BCUT2D eigenvalue weighted by molar-refractivity contribution is 7.80. The van der Waals surface area contributed by atoms with Crippen molar-refractivity contribution in [1.82, 2.24) is 20.0 Å². The van der Waals surface area contributed by atoms with Crippen LogP contribution in [-0.2, 0) is 9.59 Å². The number of thiocarbonyl (C=S) groups is 1. The molecule has 1 N–H and O–H groups in total. The fraction of sp³-hybridized carbons (Fsp3) is 0.333. The average molecular weight is 348 g/mol. The molecule has 0 radical (unpaired) electrons. The van der Waals surface area contributed by atoms with Gasteiger partial charge in [-0.25, -0.2) is 0 Å². The van der Waals surface area contributed by atoms with E-state index in [2.05, 4.69) is 5.32 Å². The number of rotatable bonds is 2. The second-order valence-corrected chi connectivity index (χ2v) is 5.86. The van der Waals surface area contributed by atoms with Crippen LogP contribution in [0.4, 0.5) is 0 Å². The van der Waals surface area contributed by atoms with E-state index in [1.165, 1.54) is 24.4 Å². The van der Waals surface area contributed by atoms with Gasteiger partial charge in [-0.15, -0.1) is 0 Å². The molecule has 0 spiro atoms. The number of nitrogens with zero attached hydrogens (tertiary/aromatic N) is 3. The Kier molecular flexibility index (Phi) is 4.34. The van der Waals surface area contributed by atoms with Crippen LogP contribution >= 0.6 is 12.2 Å². The van der Waals surface area contributed by atoms with Gasteiger partial charge in [-0.3, -0.25) is 24.6 Å². The van der Waals surface area contributed by atoms with E-state index in [0.29, 0.717) is 31.9 Å². The summed E-state index contributed by atoms with van der Waals surface area (Å²) in [7, 11) is 1.51. The molecule has 1 aromatic heterocycles. The van der Waals surface area contributed by atoms with Gasteiger partial charge in [0.25, 0.3) is 17.7 Å². The number of nitrogens with one attached hydrogen (secondary N) is 1. The summed E-state index contributed by atoms with van der Waals surface area (Å²) in [6.45, 7) is 2.00. The highest BCUT2D eigenvalue weighted by Crippen LogP contribution is 2.13. The van der Waals surface area contributed by atoms with Crippen LogP contribution in [0.1, 0.15) is 10.6 Å². The van der Waals surface area contributed by atoms with E-state index in [0.717, 1.165) is 0 Å². The van der Waals surface area contributed by atoms with E-state index in [1.54, 1.807) is 17.0 Å². The summed E-state index contributed by atoms with van der Waals surface area (Å²) in [6, 6.07) is 3.29. The van der Waals surface area contributed by atoms with Crippen molar-refractivity contribution >= 4 is 35.1 Å². The van der Waals surface area contributed by atoms with Gasteiger partial charge in [-0.2, -0.15) is 0 Å². The summed E-state index contributed by atoms with van der Waals surface area (Å²) >= 11 is 4.90. The van der Waals surface area contributed by atoms with Crippen LogP contribution in [0.25, 0.3) is 0 Å². The molecule has 2 aliphatic rings. The molecule has 9 heteroatoms.